The smallest absolute Gasteiger partial charge is 0.305 e. The van der Waals surface area contributed by atoms with Crippen LogP contribution in [0.1, 0.15) is 52.5 Å². The Morgan fingerprint density at radius 3 is 2.43 bits per heavy atom. The van der Waals surface area contributed by atoms with Crippen molar-refractivity contribution in [3.05, 3.63) is 143 Å². The fourth-order valence-corrected chi connectivity index (χ4v) is 5.05. The minimum absolute atomic E-state index is 0.0369. The predicted molar refractivity (Wildman–Crippen MR) is 180 cm³/mol. The van der Waals surface area contributed by atoms with Gasteiger partial charge in [0, 0.05) is 42.3 Å². The fourth-order valence-electron chi connectivity index (χ4n) is 5.05. The van der Waals surface area contributed by atoms with E-state index in [-0.39, 0.29) is 37.2 Å². The molecule has 1 aliphatic rings. The third-order valence-corrected chi connectivity index (χ3v) is 7.40. The minimum Gasteiger partial charge on any atom is -0.481 e. The topological polar surface area (TPSA) is 95.9 Å². The normalized spacial score (nSPS) is 13.4. The number of terminal acetylenes is 1. The molecule has 0 fully saturated rings. The molecule has 0 aromatic heterocycles. The van der Waals surface area contributed by atoms with Crippen molar-refractivity contribution in [2.75, 3.05) is 13.1 Å². The molecule has 0 heterocycles. The Balaban J connectivity index is 1.65. The molecule has 0 saturated carbocycles. The van der Waals surface area contributed by atoms with E-state index in [1.165, 1.54) is 0 Å². The molecule has 7 heteroatoms. The zero-order valence-electron chi connectivity index (χ0n) is 25.9. The lowest BCUT2D eigenvalue weighted by molar-refractivity contribution is -0.136. The lowest BCUT2D eigenvalue weighted by Gasteiger charge is -2.30. The largest absolute Gasteiger partial charge is 0.481 e. The Morgan fingerprint density at radius 2 is 1.76 bits per heavy atom. The summed E-state index contributed by atoms with van der Waals surface area (Å²) in [6.07, 6.45) is 19.9. The van der Waals surface area contributed by atoms with Gasteiger partial charge in [-0.2, -0.15) is 0 Å². The molecule has 3 aromatic rings. The molecular weight excluding hydrogens is 576 g/mol. The number of aliphatic carboxylic acids is 1. The average Bonchev–Trinajstić information content (AvgIpc) is 3.08. The van der Waals surface area contributed by atoms with Crippen LogP contribution in [0.2, 0.25) is 0 Å². The molecule has 0 radical (unpaired) electrons. The molecule has 2 amide bonds. The number of carboxylic acids is 1. The van der Waals surface area contributed by atoms with Crippen LogP contribution in [0.4, 0.5) is 0 Å². The molecule has 234 valence electrons. The zero-order chi connectivity index (χ0) is 32.7. The molecule has 0 bridgehead atoms. The van der Waals surface area contributed by atoms with E-state index in [1.54, 1.807) is 47.4 Å². The van der Waals surface area contributed by atoms with Crippen LogP contribution < -0.4 is 10.1 Å². The SMILES string of the molecule is C#C/C(=C\C=C/C)C(CN(Cc1ccc(C(=O)NCCC(=O)O)cc1)C(=O)c1cccc(Oc2ccccc2)c1)C1=CCCC=C1. The van der Waals surface area contributed by atoms with Gasteiger partial charge in [0.25, 0.3) is 11.8 Å². The first-order chi connectivity index (χ1) is 22.4. The van der Waals surface area contributed by atoms with Gasteiger partial charge in [-0.05, 0) is 73.4 Å². The van der Waals surface area contributed by atoms with Crippen LogP contribution in [0, 0.1) is 18.3 Å². The van der Waals surface area contributed by atoms with Crippen molar-refractivity contribution in [1.82, 2.24) is 10.2 Å². The third-order valence-electron chi connectivity index (χ3n) is 7.40. The Bertz CT molecular complexity index is 1680. The quantitative estimate of drug-likeness (QED) is 0.146. The van der Waals surface area contributed by atoms with E-state index in [9.17, 15) is 14.4 Å². The van der Waals surface area contributed by atoms with Gasteiger partial charge in [-0.1, -0.05) is 78.8 Å². The van der Waals surface area contributed by atoms with E-state index < -0.39 is 5.97 Å². The van der Waals surface area contributed by atoms with Crippen molar-refractivity contribution in [1.29, 1.82) is 0 Å². The highest BCUT2D eigenvalue weighted by Gasteiger charge is 2.25. The molecular formula is C39H38N2O5. The second kappa shape index (κ2) is 17.0. The van der Waals surface area contributed by atoms with Crippen LogP contribution >= 0.6 is 0 Å². The number of amides is 2. The summed E-state index contributed by atoms with van der Waals surface area (Å²) in [5.74, 6) is 2.30. The monoisotopic (exact) mass is 614 g/mol. The number of carbonyl (C=O) groups excluding carboxylic acids is 2. The van der Waals surface area contributed by atoms with Gasteiger partial charge in [-0.3, -0.25) is 14.4 Å². The number of carbonyl (C=O) groups is 3. The first-order valence-electron chi connectivity index (χ1n) is 15.2. The number of hydrogen-bond donors (Lipinski definition) is 2. The summed E-state index contributed by atoms with van der Waals surface area (Å²) in [7, 11) is 0. The summed E-state index contributed by atoms with van der Waals surface area (Å²) in [5.41, 5.74) is 3.51. The molecule has 1 atom stereocenters. The number of benzene rings is 3. The number of nitrogens with one attached hydrogen (secondary N) is 1. The van der Waals surface area contributed by atoms with Gasteiger partial charge in [-0.15, -0.1) is 6.42 Å². The van der Waals surface area contributed by atoms with Crippen molar-refractivity contribution >= 4 is 17.8 Å². The third kappa shape index (κ3) is 9.70. The van der Waals surface area contributed by atoms with Gasteiger partial charge in [0.1, 0.15) is 11.5 Å². The number of allylic oxidation sites excluding steroid dienone is 6. The highest BCUT2D eigenvalue weighted by atomic mass is 16.5. The summed E-state index contributed by atoms with van der Waals surface area (Å²) < 4.78 is 6.02. The maximum absolute atomic E-state index is 14.3. The number of nitrogens with zero attached hydrogens (tertiary/aromatic N) is 1. The maximum Gasteiger partial charge on any atom is 0.305 e. The summed E-state index contributed by atoms with van der Waals surface area (Å²) in [4.78, 5) is 39.4. The van der Waals surface area contributed by atoms with E-state index in [0.717, 1.165) is 29.6 Å². The Labute approximate surface area is 270 Å². The second-order valence-electron chi connectivity index (χ2n) is 10.8. The van der Waals surface area contributed by atoms with Crippen LogP contribution in [0.3, 0.4) is 0 Å². The first kappa shape index (κ1) is 33.3. The molecule has 0 saturated heterocycles. The lowest BCUT2D eigenvalue weighted by Crippen LogP contribution is -2.36. The van der Waals surface area contributed by atoms with Crippen LogP contribution in [0.15, 0.2) is 126 Å². The standard InChI is InChI=1S/C39H38N2O5/c1-3-5-13-30(4-2)36(31-14-8-6-9-15-31)28-41(27-29-20-22-32(23-21-29)38(44)40-25-24-37(42)43)39(45)33-16-12-19-35(26-33)46-34-17-10-7-11-18-34/h2-3,5,7-8,10-23,26,36H,6,9,24-25,27-28H2,1H3,(H,40,44)(H,42,43)/b5-3-,30-13+. The summed E-state index contributed by atoms with van der Waals surface area (Å²) in [6, 6.07) is 23.4. The maximum atomic E-state index is 14.3. The van der Waals surface area contributed by atoms with E-state index in [4.69, 9.17) is 16.3 Å². The van der Waals surface area contributed by atoms with Crippen molar-refractivity contribution in [2.45, 2.75) is 32.7 Å². The summed E-state index contributed by atoms with van der Waals surface area (Å²) in [5, 5.41) is 11.5. The summed E-state index contributed by atoms with van der Waals surface area (Å²) >= 11 is 0. The number of para-hydroxylation sites is 1. The Kier molecular flexibility index (Phi) is 12.3. The molecule has 46 heavy (non-hydrogen) atoms. The average molecular weight is 615 g/mol. The van der Waals surface area contributed by atoms with Gasteiger partial charge in [0.2, 0.25) is 0 Å². The van der Waals surface area contributed by atoms with Crippen molar-refractivity contribution in [2.24, 2.45) is 5.92 Å². The van der Waals surface area contributed by atoms with Gasteiger partial charge in [-0.25, -0.2) is 0 Å². The van der Waals surface area contributed by atoms with Crippen LogP contribution in [0.25, 0.3) is 0 Å². The zero-order valence-corrected chi connectivity index (χ0v) is 25.9. The minimum atomic E-state index is -0.982. The van der Waals surface area contributed by atoms with Gasteiger partial charge < -0.3 is 20.1 Å². The van der Waals surface area contributed by atoms with E-state index in [2.05, 4.69) is 29.5 Å². The van der Waals surface area contributed by atoms with Crippen LogP contribution in [-0.4, -0.2) is 40.9 Å². The number of ether oxygens (including phenoxy) is 1. The number of carboxylic acid groups (broad SMARTS) is 1. The van der Waals surface area contributed by atoms with E-state index in [1.807, 2.05) is 61.5 Å². The second-order valence-corrected chi connectivity index (χ2v) is 10.8. The molecule has 7 nitrogen and oxygen atoms in total. The molecule has 1 unspecified atom stereocenters. The fraction of sp³-hybridized carbons (Fsp3) is 0.205. The molecule has 2 N–H and O–H groups in total. The molecule has 4 rings (SSSR count). The first-order valence-corrected chi connectivity index (χ1v) is 15.2. The van der Waals surface area contributed by atoms with Crippen LogP contribution in [-0.2, 0) is 11.3 Å². The number of hydrogen-bond acceptors (Lipinski definition) is 4. The van der Waals surface area contributed by atoms with Gasteiger partial charge in [0.15, 0.2) is 0 Å². The predicted octanol–water partition coefficient (Wildman–Crippen LogP) is 7.35. The molecule has 3 aromatic carbocycles. The van der Waals surface area contributed by atoms with Gasteiger partial charge in [0.05, 0.1) is 6.42 Å². The molecule has 1 aliphatic carbocycles. The van der Waals surface area contributed by atoms with Crippen molar-refractivity contribution in [3.63, 3.8) is 0 Å². The van der Waals surface area contributed by atoms with E-state index in [0.29, 0.717) is 29.2 Å². The summed E-state index contributed by atoms with van der Waals surface area (Å²) in [6.45, 7) is 2.55. The lowest BCUT2D eigenvalue weighted by atomic mass is 9.86. The van der Waals surface area contributed by atoms with Crippen molar-refractivity contribution < 1.29 is 24.2 Å². The number of rotatable bonds is 14. The molecule has 0 aliphatic heterocycles. The highest BCUT2D eigenvalue weighted by molar-refractivity contribution is 5.95. The van der Waals surface area contributed by atoms with Crippen molar-refractivity contribution in [3.8, 4) is 23.8 Å². The highest BCUT2D eigenvalue weighted by Crippen LogP contribution is 2.29. The Morgan fingerprint density at radius 1 is 1.00 bits per heavy atom. The Hall–Kier alpha value is -5.61. The van der Waals surface area contributed by atoms with Gasteiger partial charge >= 0.3 is 5.97 Å². The van der Waals surface area contributed by atoms with E-state index >= 15 is 0 Å². The molecule has 0 spiro atoms. The van der Waals surface area contributed by atoms with Crippen LogP contribution in [0.5, 0.6) is 11.5 Å².